The molecule has 1 aliphatic heterocycles. The zero-order chi connectivity index (χ0) is 14.5. The molecule has 1 heterocycles. The molecule has 0 spiro atoms. The summed E-state index contributed by atoms with van der Waals surface area (Å²) in [4.78, 5) is 4.84. The Kier molecular flexibility index (Phi) is 5.44. The number of benzene rings is 1. The molecule has 0 saturated carbocycles. The van der Waals surface area contributed by atoms with Crippen LogP contribution in [0.25, 0.3) is 0 Å². The third-order valence-corrected chi connectivity index (χ3v) is 4.60. The zero-order valence-electron chi connectivity index (χ0n) is 13.0. The van der Waals surface area contributed by atoms with Crippen LogP contribution in [0.5, 0.6) is 5.75 Å². The largest absolute Gasteiger partial charge is 0.508 e. The number of hydrogen-bond donors (Lipinski definition) is 1. The van der Waals surface area contributed by atoms with Crippen molar-refractivity contribution in [2.45, 2.75) is 32.2 Å². The van der Waals surface area contributed by atoms with Gasteiger partial charge in [-0.15, -0.1) is 0 Å². The van der Waals surface area contributed by atoms with E-state index in [0.717, 1.165) is 24.4 Å². The van der Waals surface area contributed by atoms with E-state index < -0.39 is 0 Å². The molecule has 1 fully saturated rings. The van der Waals surface area contributed by atoms with E-state index in [1.165, 1.54) is 25.9 Å². The van der Waals surface area contributed by atoms with Gasteiger partial charge in [0.2, 0.25) is 0 Å². The average molecular weight is 276 g/mol. The van der Waals surface area contributed by atoms with Crippen molar-refractivity contribution in [2.75, 3.05) is 33.7 Å². The van der Waals surface area contributed by atoms with Crippen molar-refractivity contribution in [3.8, 4) is 5.75 Å². The predicted molar refractivity (Wildman–Crippen MR) is 84.0 cm³/mol. The quantitative estimate of drug-likeness (QED) is 0.895. The van der Waals surface area contributed by atoms with E-state index in [0.29, 0.717) is 11.8 Å². The van der Waals surface area contributed by atoms with Gasteiger partial charge in [0, 0.05) is 18.2 Å². The Balaban J connectivity index is 1.99. The van der Waals surface area contributed by atoms with Crippen molar-refractivity contribution in [1.82, 2.24) is 9.80 Å². The average Bonchev–Trinajstić information content (AvgIpc) is 2.44. The molecule has 3 nitrogen and oxygen atoms in total. The van der Waals surface area contributed by atoms with Gasteiger partial charge in [-0.1, -0.05) is 25.1 Å². The Bertz CT molecular complexity index is 413. The maximum absolute atomic E-state index is 10.1. The molecule has 1 saturated heterocycles. The Labute approximate surface area is 123 Å². The number of phenolic OH excluding ortho intramolecular Hbond substituents is 1. The Morgan fingerprint density at radius 2 is 1.95 bits per heavy atom. The molecule has 20 heavy (non-hydrogen) atoms. The van der Waals surface area contributed by atoms with Gasteiger partial charge in [0.15, 0.2) is 0 Å². The molecular formula is C17H28N2O. The minimum atomic E-state index is 0.316. The summed E-state index contributed by atoms with van der Waals surface area (Å²) in [6.07, 6.45) is 3.61. The molecule has 0 radical (unpaired) electrons. The van der Waals surface area contributed by atoms with Crippen molar-refractivity contribution < 1.29 is 5.11 Å². The molecule has 112 valence electrons. The molecule has 1 N–H and O–H groups in total. The van der Waals surface area contributed by atoms with Gasteiger partial charge in [0.1, 0.15) is 5.75 Å². The summed E-state index contributed by atoms with van der Waals surface area (Å²) in [5.41, 5.74) is 1.06. The fourth-order valence-corrected chi connectivity index (χ4v) is 3.32. The van der Waals surface area contributed by atoms with Crippen LogP contribution >= 0.6 is 0 Å². The lowest BCUT2D eigenvalue weighted by Crippen LogP contribution is -2.37. The first-order valence-corrected chi connectivity index (χ1v) is 7.78. The van der Waals surface area contributed by atoms with E-state index in [1.54, 1.807) is 6.07 Å². The highest BCUT2D eigenvalue weighted by Crippen LogP contribution is 2.31. The predicted octanol–water partition coefficient (Wildman–Crippen LogP) is 3.12. The van der Waals surface area contributed by atoms with Gasteiger partial charge in [0.05, 0.1) is 0 Å². The molecule has 1 aromatic rings. The highest BCUT2D eigenvalue weighted by Gasteiger charge is 2.23. The smallest absolute Gasteiger partial charge is 0.120 e. The molecule has 0 bridgehead atoms. The minimum absolute atomic E-state index is 0.316. The van der Waals surface area contributed by atoms with E-state index in [2.05, 4.69) is 36.9 Å². The van der Waals surface area contributed by atoms with Crippen molar-refractivity contribution in [3.63, 3.8) is 0 Å². The van der Waals surface area contributed by atoms with E-state index in [4.69, 9.17) is 0 Å². The van der Waals surface area contributed by atoms with Crippen molar-refractivity contribution >= 4 is 0 Å². The molecule has 2 rings (SSSR count). The maximum atomic E-state index is 10.1. The van der Waals surface area contributed by atoms with E-state index in [9.17, 15) is 5.11 Å². The van der Waals surface area contributed by atoms with Crippen LogP contribution in [-0.2, 0) is 0 Å². The van der Waals surface area contributed by atoms with Crippen LogP contribution in [0.3, 0.4) is 0 Å². The third kappa shape index (κ3) is 3.74. The summed E-state index contributed by atoms with van der Waals surface area (Å²) in [6.45, 7) is 5.75. The summed E-state index contributed by atoms with van der Waals surface area (Å²) in [5, 5.41) is 10.1. The van der Waals surface area contributed by atoms with Gasteiger partial charge in [-0.2, -0.15) is 0 Å². The number of para-hydroxylation sites is 1. The Morgan fingerprint density at radius 3 is 2.55 bits per heavy atom. The number of hydrogen-bond acceptors (Lipinski definition) is 3. The lowest BCUT2D eigenvalue weighted by Gasteiger charge is -2.35. The van der Waals surface area contributed by atoms with Gasteiger partial charge in [0.25, 0.3) is 0 Å². The normalized spacial score (nSPS) is 19.4. The summed E-state index contributed by atoms with van der Waals surface area (Å²) in [6, 6.07) is 8.07. The standard InChI is InChI=1S/C17H28N2O/c1-4-16(15-7-5-6-8-17(15)20)19(3)13-14-9-11-18(2)12-10-14/h5-8,14,16,20H,4,9-13H2,1-3H3. The third-order valence-electron chi connectivity index (χ3n) is 4.60. The first kappa shape index (κ1) is 15.3. The molecular weight excluding hydrogens is 248 g/mol. The van der Waals surface area contributed by atoms with E-state index in [-0.39, 0.29) is 0 Å². The number of likely N-dealkylation sites (tertiary alicyclic amines) is 1. The van der Waals surface area contributed by atoms with Crippen LogP contribution < -0.4 is 0 Å². The molecule has 0 aliphatic carbocycles. The Morgan fingerprint density at radius 1 is 1.30 bits per heavy atom. The van der Waals surface area contributed by atoms with Crippen LogP contribution in [0, 0.1) is 5.92 Å². The number of aromatic hydroxyl groups is 1. The first-order chi connectivity index (χ1) is 9.61. The topological polar surface area (TPSA) is 26.7 Å². The summed E-state index contributed by atoms with van der Waals surface area (Å²) >= 11 is 0. The SMILES string of the molecule is CCC(c1ccccc1O)N(C)CC1CCN(C)CC1. The second kappa shape index (κ2) is 7.09. The van der Waals surface area contributed by atoms with Crippen LogP contribution in [0.4, 0.5) is 0 Å². The lowest BCUT2D eigenvalue weighted by molar-refractivity contribution is 0.146. The Hall–Kier alpha value is -1.06. The maximum Gasteiger partial charge on any atom is 0.120 e. The number of piperidine rings is 1. The first-order valence-electron chi connectivity index (χ1n) is 7.78. The van der Waals surface area contributed by atoms with Gasteiger partial charge in [-0.05, 0) is 58.4 Å². The van der Waals surface area contributed by atoms with Gasteiger partial charge in [-0.3, -0.25) is 4.90 Å². The molecule has 0 amide bonds. The molecule has 1 aliphatic rings. The van der Waals surface area contributed by atoms with Crippen LogP contribution in [0.15, 0.2) is 24.3 Å². The molecule has 0 aromatic heterocycles. The molecule has 1 unspecified atom stereocenters. The number of phenols is 1. The van der Waals surface area contributed by atoms with Crippen LogP contribution in [0.2, 0.25) is 0 Å². The second-order valence-corrected chi connectivity index (χ2v) is 6.17. The van der Waals surface area contributed by atoms with Gasteiger partial charge in [-0.25, -0.2) is 0 Å². The highest BCUT2D eigenvalue weighted by molar-refractivity contribution is 5.34. The minimum Gasteiger partial charge on any atom is -0.508 e. The monoisotopic (exact) mass is 276 g/mol. The summed E-state index contributed by atoms with van der Waals surface area (Å²) in [5.74, 6) is 1.21. The molecule has 1 aromatic carbocycles. The van der Waals surface area contributed by atoms with Gasteiger partial charge >= 0.3 is 0 Å². The van der Waals surface area contributed by atoms with E-state index >= 15 is 0 Å². The fraction of sp³-hybridized carbons (Fsp3) is 0.647. The summed E-state index contributed by atoms with van der Waals surface area (Å²) < 4.78 is 0. The zero-order valence-corrected chi connectivity index (χ0v) is 13.0. The van der Waals surface area contributed by atoms with E-state index in [1.807, 2.05) is 12.1 Å². The number of nitrogens with zero attached hydrogens (tertiary/aromatic N) is 2. The van der Waals surface area contributed by atoms with Crippen molar-refractivity contribution in [1.29, 1.82) is 0 Å². The van der Waals surface area contributed by atoms with Gasteiger partial charge < -0.3 is 10.0 Å². The fourth-order valence-electron chi connectivity index (χ4n) is 3.32. The summed E-state index contributed by atoms with van der Waals surface area (Å²) in [7, 11) is 4.40. The van der Waals surface area contributed by atoms with Crippen LogP contribution in [0.1, 0.15) is 37.8 Å². The van der Waals surface area contributed by atoms with Crippen molar-refractivity contribution in [2.24, 2.45) is 5.92 Å². The molecule has 3 heteroatoms. The highest BCUT2D eigenvalue weighted by atomic mass is 16.3. The van der Waals surface area contributed by atoms with Crippen LogP contribution in [-0.4, -0.2) is 48.6 Å². The number of rotatable bonds is 5. The molecule has 1 atom stereocenters. The van der Waals surface area contributed by atoms with Crippen molar-refractivity contribution in [3.05, 3.63) is 29.8 Å². The second-order valence-electron chi connectivity index (χ2n) is 6.17. The lowest BCUT2D eigenvalue weighted by atomic mass is 9.94.